The van der Waals surface area contributed by atoms with Gasteiger partial charge in [-0.3, -0.25) is 0 Å². The number of aromatic nitrogens is 3. The Labute approximate surface area is 362 Å². The molecule has 0 atom stereocenters. The van der Waals surface area contributed by atoms with E-state index in [1.165, 1.54) is 15.6 Å². The van der Waals surface area contributed by atoms with Gasteiger partial charge in [-0.1, -0.05) is 182 Å². The van der Waals surface area contributed by atoms with Crippen molar-refractivity contribution < 1.29 is 16.8 Å². The Kier molecular flexibility index (Phi) is 6.13. The Hall–Kier alpha value is -7.73. The Bertz CT molecular complexity index is 4110. The Morgan fingerprint density at radius 2 is 0.950 bits per heavy atom. The smallest absolute Gasteiger partial charge is 0.164 e. The number of furan rings is 1. The molecule has 0 saturated heterocycles. The Balaban J connectivity index is 1.03. The minimum absolute atomic E-state index is 0.0190. The predicted octanol–water partition coefficient (Wildman–Crippen LogP) is 15.3. The van der Waals surface area contributed by atoms with Crippen LogP contribution in [-0.4, -0.2) is 15.0 Å². The molecule has 0 aliphatic heterocycles. The van der Waals surface area contributed by atoms with Gasteiger partial charge in [0.15, 0.2) is 17.5 Å². The second kappa shape index (κ2) is 14.0. The maximum atomic E-state index is 9.63. The molecule has 280 valence electrons. The van der Waals surface area contributed by atoms with Crippen molar-refractivity contribution in [3.63, 3.8) is 0 Å². The highest BCUT2D eigenvalue weighted by molar-refractivity contribution is 7.26. The minimum atomic E-state index is -0.521. The Morgan fingerprint density at radius 1 is 0.400 bits per heavy atom. The first-order valence-electron chi connectivity index (χ1n) is 23.9. The van der Waals surface area contributed by atoms with Crippen molar-refractivity contribution in [3.8, 4) is 67.5 Å². The second-order valence-corrected chi connectivity index (χ2v) is 15.5. The highest BCUT2D eigenvalue weighted by Gasteiger charge is 2.18. The lowest BCUT2D eigenvalue weighted by atomic mass is 9.95. The van der Waals surface area contributed by atoms with Crippen LogP contribution in [0.1, 0.15) is 12.3 Å². The predicted molar refractivity (Wildman–Crippen MR) is 250 cm³/mol. The molecule has 12 rings (SSSR count). The first-order chi connectivity index (χ1) is 33.5. The SMILES string of the molecule is [2H]c1c([2H])c([2H])c2c(oc3c4c([2H])c([2H])c([2H])c([2H])c4c(-c4ccc(-c5nc(-c6ccc(-c7ccccc7)cc6)nc(-c6ccc7c(c6)sc6c(-c8ccccc8)cccc67)n5)cc4)c([2H])c32)c1[2H]. The number of hydrogen-bond donors (Lipinski definition) is 0. The van der Waals surface area contributed by atoms with Crippen LogP contribution in [0, 0.1) is 0 Å². The lowest BCUT2D eigenvalue weighted by Crippen LogP contribution is -2.00. The van der Waals surface area contributed by atoms with Crippen molar-refractivity contribution in [3.05, 3.63) is 200 Å². The van der Waals surface area contributed by atoms with Gasteiger partial charge in [0.25, 0.3) is 0 Å². The summed E-state index contributed by atoms with van der Waals surface area (Å²) in [6.45, 7) is 0. The molecule has 0 spiro atoms. The van der Waals surface area contributed by atoms with Crippen LogP contribution in [0.3, 0.4) is 0 Å². The molecule has 0 saturated carbocycles. The molecule has 60 heavy (non-hydrogen) atoms. The number of rotatable bonds is 6. The average Bonchev–Trinajstić information content (AvgIpc) is 3.99. The van der Waals surface area contributed by atoms with E-state index in [-0.39, 0.29) is 44.3 Å². The fraction of sp³-hybridized carbons (Fsp3) is 0. The van der Waals surface area contributed by atoms with Crippen LogP contribution in [0.5, 0.6) is 0 Å². The van der Waals surface area contributed by atoms with Crippen LogP contribution in [0.4, 0.5) is 0 Å². The fourth-order valence-corrected chi connectivity index (χ4v) is 9.24. The zero-order valence-corrected chi connectivity index (χ0v) is 32.3. The largest absolute Gasteiger partial charge is 0.455 e. The van der Waals surface area contributed by atoms with E-state index in [4.69, 9.17) is 30.3 Å². The zero-order chi connectivity index (χ0) is 47.4. The van der Waals surface area contributed by atoms with Crippen LogP contribution in [0.25, 0.3) is 120 Å². The van der Waals surface area contributed by atoms with Crippen molar-refractivity contribution in [2.75, 3.05) is 0 Å². The van der Waals surface area contributed by atoms with E-state index in [2.05, 4.69) is 54.6 Å². The summed E-state index contributed by atoms with van der Waals surface area (Å²) in [6, 6.07) is 44.3. The summed E-state index contributed by atoms with van der Waals surface area (Å²) in [6.07, 6.45) is 0. The van der Waals surface area contributed by atoms with Crippen LogP contribution >= 0.6 is 11.3 Å². The molecular formula is C55H33N3OS. The third-order valence-electron chi connectivity index (χ3n) is 10.9. The quantitative estimate of drug-likeness (QED) is 0.168. The standard InChI is InChI=1S/C55H33N3OS/c1-3-12-34(13-4-1)35-22-26-38(27-23-35)53-56-54(58-55(57-53)40-30-31-44-46-20-11-19-41(36-14-5-2-6-15-36)52(46)60-50(44)32-40)39-28-24-37(25-29-39)47-33-48-43-17-9-10-21-49(43)59-51(48)45-18-8-7-16-42(45)47/h1-33H/i7D,8D,9D,10D,16D,17D,18D,21D,33D. The van der Waals surface area contributed by atoms with Gasteiger partial charge in [0, 0.05) is 53.0 Å². The molecular weight excluding hydrogens is 751 g/mol. The van der Waals surface area contributed by atoms with Crippen LogP contribution in [-0.2, 0) is 0 Å². The third-order valence-corrected chi connectivity index (χ3v) is 12.1. The number of para-hydroxylation sites is 1. The molecule has 0 bridgehead atoms. The van der Waals surface area contributed by atoms with Crippen molar-refractivity contribution in [1.82, 2.24) is 15.0 Å². The van der Waals surface area contributed by atoms with E-state index in [1.807, 2.05) is 66.7 Å². The number of thiophene rings is 1. The van der Waals surface area contributed by atoms with Crippen molar-refractivity contribution >= 4 is 64.2 Å². The molecule has 0 fully saturated rings. The second-order valence-electron chi connectivity index (χ2n) is 14.4. The highest BCUT2D eigenvalue weighted by atomic mass is 32.1. The zero-order valence-electron chi connectivity index (χ0n) is 40.5. The van der Waals surface area contributed by atoms with Crippen molar-refractivity contribution in [2.24, 2.45) is 0 Å². The van der Waals surface area contributed by atoms with E-state index in [1.54, 1.807) is 35.6 Å². The number of benzene rings is 9. The van der Waals surface area contributed by atoms with Crippen LogP contribution in [0.2, 0.25) is 0 Å². The summed E-state index contributed by atoms with van der Waals surface area (Å²) in [4.78, 5) is 15.2. The molecule has 0 N–H and O–H groups in total. The summed E-state index contributed by atoms with van der Waals surface area (Å²) in [7, 11) is 0. The highest BCUT2D eigenvalue weighted by Crippen LogP contribution is 2.42. The molecule has 12 aromatic rings. The molecule has 5 heteroatoms. The molecule has 0 amide bonds. The molecule has 0 radical (unpaired) electrons. The monoisotopic (exact) mass is 792 g/mol. The van der Waals surface area contributed by atoms with Crippen molar-refractivity contribution in [1.29, 1.82) is 0 Å². The fourth-order valence-electron chi connectivity index (χ4n) is 7.96. The molecule has 3 heterocycles. The van der Waals surface area contributed by atoms with Gasteiger partial charge in [-0.2, -0.15) is 0 Å². The van der Waals surface area contributed by atoms with Gasteiger partial charge in [0.05, 0.1) is 12.3 Å². The van der Waals surface area contributed by atoms with E-state index in [0.717, 1.165) is 37.9 Å². The number of hydrogen-bond acceptors (Lipinski definition) is 5. The summed E-state index contributed by atoms with van der Waals surface area (Å²) < 4.78 is 87.4. The van der Waals surface area contributed by atoms with E-state index < -0.39 is 48.3 Å². The van der Waals surface area contributed by atoms with E-state index in [9.17, 15) is 1.37 Å². The van der Waals surface area contributed by atoms with E-state index >= 15 is 0 Å². The van der Waals surface area contributed by atoms with Gasteiger partial charge in [-0.15, -0.1) is 11.3 Å². The first kappa shape index (κ1) is 26.3. The molecule has 0 aliphatic carbocycles. The Morgan fingerprint density at radius 3 is 1.67 bits per heavy atom. The van der Waals surface area contributed by atoms with Crippen LogP contribution in [0.15, 0.2) is 204 Å². The molecule has 3 aromatic heterocycles. The van der Waals surface area contributed by atoms with Gasteiger partial charge < -0.3 is 4.42 Å². The topological polar surface area (TPSA) is 51.8 Å². The van der Waals surface area contributed by atoms with E-state index in [0.29, 0.717) is 28.6 Å². The van der Waals surface area contributed by atoms with Gasteiger partial charge >= 0.3 is 0 Å². The average molecular weight is 793 g/mol. The van der Waals surface area contributed by atoms with Gasteiger partial charge in [-0.25, -0.2) is 15.0 Å². The summed E-state index contributed by atoms with van der Waals surface area (Å²) in [5.74, 6) is 1.30. The van der Waals surface area contributed by atoms with Crippen LogP contribution < -0.4 is 0 Å². The number of nitrogens with zero attached hydrogens (tertiary/aromatic N) is 3. The van der Waals surface area contributed by atoms with Gasteiger partial charge in [-0.05, 0) is 56.9 Å². The molecule has 0 unspecified atom stereocenters. The summed E-state index contributed by atoms with van der Waals surface area (Å²) >= 11 is 1.72. The maximum absolute atomic E-state index is 9.63. The maximum Gasteiger partial charge on any atom is 0.164 e. The lowest BCUT2D eigenvalue weighted by molar-refractivity contribution is 0.672. The normalized spacial score (nSPS) is 13.8. The van der Waals surface area contributed by atoms with Gasteiger partial charge in [0.1, 0.15) is 11.2 Å². The van der Waals surface area contributed by atoms with Crippen molar-refractivity contribution in [2.45, 2.75) is 0 Å². The minimum Gasteiger partial charge on any atom is -0.455 e. The molecule has 9 aromatic carbocycles. The first-order valence-corrected chi connectivity index (χ1v) is 20.2. The van der Waals surface area contributed by atoms with Gasteiger partial charge in [0.2, 0.25) is 0 Å². The molecule has 0 aliphatic rings. The lowest BCUT2D eigenvalue weighted by Gasteiger charge is -2.11. The third kappa shape index (κ3) is 5.78. The molecule has 4 nitrogen and oxygen atoms in total. The summed E-state index contributed by atoms with van der Waals surface area (Å²) in [5, 5.41) is 2.27. The number of fused-ring (bicyclic) bond motifs is 8. The summed E-state index contributed by atoms with van der Waals surface area (Å²) in [5.41, 5.74) is 6.89.